The zero-order chi connectivity index (χ0) is 24.4. The lowest BCUT2D eigenvalue weighted by molar-refractivity contribution is -0.130. The van der Waals surface area contributed by atoms with Crippen molar-refractivity contribution < 1.29 is 9.59 Å². The first kappa shape index (κ1) is 23.5. The lowest BCUT2D eigenvalue weighted by atomic mass is 9.95. The van der Waals surface area contributed by atoms with E-state index in [1.807, 2.05) is 24.3 Å². The van der Waals surface area contributed by atoms with E-state index >= 15 is 0 Å². The number of benzene rings is 1. The number of pyridine rings is 1. The Morgan fingerprint density at radius 2 is 1.91 bits per heavy atom. The van der Waals surface area contributed by atoms with E-state index in [9.17, 15) is 9.59 Å². The summed E-state index contributed by atoms with van der Waals surface area (Å²) in [6.45, 7) is 2.36. The number of halogens is 1. The Hall–Kier alpha value is -3.19. The quantitative estimate of drug-likeness (QED) is 0.405. The maximum atomic E-state index is 13.8. The average Bonchev–Trinajstić information content (AvgIpc) is 3.31. The molecule has 1 fully saturated rings. The number of hydrogen-bond donors (Lipinski definition) is 1. The molecule has 1 unspecified atom stereocenters. The summed E-state index contributed by atoms with van der Waals surface area (Å²) in [7, 11) is 0. The van der Waals surface area contributed by atoms with Crippen LogP contribution in [0, 0.1) is 0 Å². The van der Waals surface area contributed by atoms with Crippen molar-refractivity contribution in [2.45, 2.75) is 69.6 Å². The first-order valence-electron chi connectivity index (χ1n) is 12.4. The van der Waals surface area contributed by atoms with E-state index in [1.54, 1.807) is 23.1 Å². The van der Waals surface area contributed by atoms with Crippen LogP contribution in [0.5, 0.6) is 0 Å². The minimum absolute atomic E-state index is 0.0709. The fraction of sp³-hybridized carbons (Fsp3) is 0.407. The van der Waals surface area contributed by atoms with Gasteiger partial charge in [-0.05, 0) is 42.5 Å². The zero-order valence-corrected chi connectivity index (χ0v) is 20.7. The van der Waals surface area contributed by atoms with Crippen molar-refractivity contribution in [2.75, 3.05) is 0 Å². The number of rotatable bonds is 6. The monoisotopic (exact) mass is 491 g/mol. The predicted molar refractivity (Wildman–Crippen MR) is 135 cm³/mol. The van der Waals surface area contributed by atoms with Crippen LogP contribution in [0.4, 0.5) is 0 Å². The molecule has 1 aliphatic carbocycles. The highest BCUT2D eigenvalue weighted by Gasteiger charge is 2.50. The standard InChI is InChI=1S/C27H30ClN5O2/c1-2-19-10-12-21(13-11-19)23-15-24-25(34)32(17-20-7-6-14-29-16-20)27(28,18-33(24)31-23)26(35)30-22-8-4-3-5-9-22/h6-7,10-16,22H,2-5,8-9,17-18H2,1H3,(H,30,35). The molecule has 2 aliphatic rings. The third-order valence-corrected chi connectivity index (χ3v) is 7.54. The van der Waals surface area contributed by atoms with E-state index < -0.39 is 5.00 Å². The number of amides is 2. The normalized spacial score (nSPS) is 20.5. The van der Waals surface area contributed by atoms with Crippen molar-refractivity contribution in [1.82, 2.24) is 25.0 Å². The third kappa shape index (κ3) is 4.69. The van der Waals surface area contributed by atoms with Crippen LogP contribution in [0.3, 0.4) is 0 Å². The molecule has 0 radical (unpaired) electrons. The van der Waals surface area contributed by atoms with Gasteiger partial charge in [-0.25, -0.2) is 0 Å². The highest BCUT2D eigenvalue weighted by Crippen LogP contribution is 2.35. The van der Waals surface area contributed by atoms with Gasteiger partial charge >= 0.3 is 0 Å². The van der Waals surface area contributed by atoms with Crippen LogP contribution in [-0.4, -0.2) is 42.5 Å². The van der Waals surface area contributed by atoms with Gasteiger partial charge < -0.3 is 10.2 Å². The maximum absolute atomic E-state index is 13.8. The molecule has 0 spiro atoms. The number of aromatic nitrogens is 3. The second-order valence-corrected chi connectivity index (χ2v) is 10.1. The van der Waals surface area contributed by atoms with Gasteiger partial charge in [-0.15, -0.1) is 0 Å². The average molecular weight is 492 g/mol. The van der Waals surface area contributed by atoms with Crippen molar-refractivity contribution in [3.63, 3.8) is 0 Å². The number of carbonyl (C=O) groups excluding carboxylic acids is 2. The highest BCUT2D eigenvalue weighted by molar-refractivity contribution is 6.36. The van der Waals surface area contributed by atoms with Crippen molar-refractivity contribution in [3.8, 4) is 11.3 Å². The molecule has 2 amide bonds. The summed E-state index contributed by atoms with van der Waals surface area (Å²) >= 11 is 7.09. The Bertz CT molecular complexity index is 1200. The molecule has 3 heterocycles. The van der Waals surface area contributed by atoms with Crippen LogP contribution in [0.25, 0.3) is 11.3 Å². The van der Waals surface area contributed by atoms with Crippen LogP contribution in [0.1, 0.15) is 60.6 Å². The Kier molecular flexibility index (Phi) is 6.60. The van der Waals surface area contributed by atoms with E-state index in [-0.39, 0.29) is 30.9 Å². The molecule has 1 saturated carbocycles. The van der Waals surface area contributed by atoms with Gasteiger partial charge in [0.1, 0.15) is 5.69 Å². The van der Waals surface area contributed by atoms with E-state index in [0.717, 1.165) is 43.2 Å². The van der Waals surface area contributed by atoms with Crippen molar-refractivity contribution in [2.24, 2.45) is 0 Å². The van der Waals surface area contributed by atoms with E-state index in [1.165, 1.54) is 16.9 Å². The molecule has 5 rings (SSSR count). The Balaban J connectivity index is 1.49. The first-order valence-corrected chi connectivity index (χ1v) is 12.7. The number of nitrogens with zero attached hydrogens (tertiary/aromatic N) is 4. The van der Waals surface area contributed by atoms with Crippen molar-refractivity contribution in [1.29, 1.82) is 0 Å². The summed E-state index contributed by atoms with van der Waals surface area (Å²) in [6.07, 6.45) is 9.53. The number of hydrogen-bond acceptors (Lipinski definition) is 4. The Morgan fingerprint density at radius 3 is 2.60 bits per heavy atom. The summed E-state index contributed by atoms with van der Waals surface area (Å²) in [5.41, 5.74) is 4.06. The smallest absolute Gasteiger partial charge is 0.274 e. The van der Waals surface area contributed by atoms with Crippen molar-refractivity contribution in [3.05, 3.63) is 71.7 Å². The Morgan fingerprint density at radius 1 is 1.14 bits per heavy atom. The first-order chi connectivity index (χ1) is 17.0. The number of aryl methyl sites for hydroxylation is 1. The lowest BCUT2D eigenvalue weighted by Crippen LogP contribution is -2.63. The number of nitrogens with one attached hydrogen (secondary N) is 1. The molecule has 7 nitrogen and oxygen atoms in total. The fourth-order valence-corrected chi connectivity index (χ4v) is 5.26. The van der Waals surface area contributed by atoms with Crippen LogP contribution in [0.2, 0.25) is 0 Å². The van der Waals surface area contributed by atoms with E-state index in [2.05, 4.69) is 34.5 Å². The molecule has 2 aromatic heterocycles. The summed E-state index contributed by atoms with van der Waals surface area (Å²) in [5, 5.41) is 7.81. The molecule has 0 bridgehead atoms. The van der Waals surface area contributed by atoms with Crippen LogP contribution >= 0.6 is 11.6 Å². The van der Waals surface area contributed by atoms with Gasteiger partial charge in [-0.3, -0.25) is 19.3 Å². The van der Waals surface area contributed by atoms with Crippen molar-refractivity contribution >= 4 is 23.4 Å². The minimum atomic E-state index is -1.59. The fourth-order valence-electron chi connectivity index (χ4n) is 4.95. The lowest BCUT2D eigenvalue weighted by Gasteiger charge is -2.42. The number of fused-ring (bicyclic) bond motifs is 1. The number of carbonyl (C=O) groups is 2. The van der Waals surface area contributed by atoms with Gasteiger partial charge in [0.15, 0.2) is 0 Å². The van der Waals surface area contributed by atoms with Gasteiger partial charge in [0.05, 0.1) is 12.2 Å². The second-order valence-electron chi connectivity index (χ2n) is 9.44. The summed E-state index contributed by atoms with van der Waals surface area (Å²) in [4.78, 5) is 31.4. The summed E-state index contributed by atoms with van der Waals surface area (Å²) < 4.78 is 1.58. The SMILES string of the molecule is CCc1ccc(-c2cc3n(n2)CC(Cl)(C(=O)NC2CCCCC2)N(Cc2cccnc2)C3=O)cc1. The molecule has 1 N–H and O–H groups in total. The topological polar surface area (TPSA) is 80.1 Å². The van der Waals surface area contributed by atoms with Gasteiger partial charge in [0.25, 0.3) is 11.8 Å². The summed E-state index contributed by atoms with van der Waals surface area (Å²) in [6, 6.07) is 13.7. The van der Waals surface area contributed by atoms with Gasteiger partial charge in [0.2, 0.25) is 5.00 Å². The van der Waals surface area contributed by atoms with Gasteiger partial charge in [-0.1, -0.05) is 68.1 Å². The Labute approximate surface area is 210 Å². The molecule has 1 aliphatic heterocycles. The summed E-state index contributed by atoms with van der Waals surface area (Å²) in [5.74, 6) is -0.670. The molecule has 182 valence electrons. The van der Waals surface area contributed by atoms with Crippen LogP contribution in [0.15, 0.2) is 54.9 Å². The highest BCUT2D eigenvalue weighted by atomic mass is 35.5. The molecule has 1 aromatic carbocycles. The largest absolute Gasteiger partial charge is 0.350 e. The molecule has 0 saturated heterocycles. The van der Waals surface area contributed by atoms with Gasteiger partial charge in [0, 0.05) is 30.5 Å². The molecule has 35 heavy (non-hydrogen) atoms. The molecule has 1 atom stereocenters. The van der Waals surface area contributed by atoms with Crippen LogP contribution < -0.4 is 5.32 Å². The minimum Gasteiger partial charge on any atom is -0.350 e. The number of alkyl halides is 1. The maximum Gasteiger partial charge on any atom is 0.274 e. The zero-order valence-electron chi connectivity index (χ0n) is 19.9. The molecule has 3 aromatic rings. The van der Waals surface area contributed by atoms with E-state index in [0.29, 0.717) is 11.4 Å². The van der Waals surface area contributed by atoms with E-state index in [4.69, 9.17) is 11.6 Å². The molecular formula is C27H30ClN5O2. The predicted octanol–water partition coefficient (Wildman–Crippen LogP) is 4.55. The van der Waals surface area contributed by atoms with Crippen LogP contribution in [-0.2, 0) is 24.3 Å². The van der Waals surface area contributed by atoms with Gasteiger partial charge in [-0.2, -0.15) is 5.10 Å². The third-order valence-electron chi connectivity index (χ3n) is 7.04. The second kappa shape index (κ2) is 9.82. The molecule has 8 heteroatoms. The molecular weight excluding hydrogens is 462 g/mol.